The fraction of sp³-hybridized carbons (Fsp3) is 0.136. The second kappa shape index (κ2) is 8.16. The molecule has 2 aromatic carbocycles. The Balaban J connectivity index is 1.98. The Bertz CT molecular complexity index is 1320. The van der Waals surface area contributed by atoms with Crippen molar-refractivity contribution >= 4 is 33.0 Å². The molecule has 0 fully saturated rings. The molecule has 4 rings (SSSR count). The molecule has 0 unspecified atom stereocenters. The van der Waals surface area contributed by atoms with E-state index in [4.69, 9.17) is 14.5 Å². The summed E-state index contributed by atoms with van der Waals surface area (Å²) in [4.78, 5) is 18.0. The first kappa shape index (κ1) is 19.9. The van der Waals surface area contributed by atoms with Gasteiger partial charge in [-0.2, -0.15) is 9.78 Å². The molecule has 4 aromatic rings. The number of halogens is 1. The lowest BCUT2D eigenvalue weighted by Gasteiger charge is -2.12. The van der Waals surface area contributed by atoms with Crippen LogP contribution in [0.2, 0.25) is 0 Å². The number of aromatic nitrogens is 3. The number of nitrogens with zero attached hydrogens (tertiary/aromatic N) is 4. The number of methoxy groups -OCH3 is 2. The van der Waals surface area contributed by atoms with Gasteiger partial charge in [-0.3, -0.25) is 4.79 Å². The Labute approximate surface area is 181 Å². The van der Waals surface area contributed by atoms with E-state index in [0.29, 0.717) is 33.8 Å². The van der Waals surface area contributed by atoms with E-state index in [1.807, 2.05) is 42.1 Å². The van der Waals surface area contributed by atoms with Crippen LogP contribution in [0.1, 0.15) is 5.69 Å². The van der Waals surface area contributed by atoms with E-state index < -0.39 is 0 Å². The molecule has 7 nitrogen and oxygen atoms in total. The van der Waals surface area contributed by atoms with E-state index in [0.717, 1.165) is 10.2 Å². The Hall–Kier alpha value is -3.39. The van der Waals surface area contributed by atoms with Crippen LogP contribution in [0, 0.1) is 0 Å². The van der Waals surface area contributed by atoms with E-state index in [1.165, 1.54) is 4.68 Å². The number of hydrogen-bond acceptors (Lipinski definition) is 5. The molecule has 30 heavy (non-hydrogen) atoms. The number of aryl methyl sites for hydroxylation is 1. The van der Waals surface area contributed by atoms with Crippen molar-refractivity contribution in [1.29, 1.82) is 0 Å². The number of ether oxygens (including phenoxy) is 2. The molecule has 2 heterocycles. The average Bonchev–Trinajstić information content (AvgIpc) is 3.17. The highest BCUT2D eigenvalue weighted by Gasteiger charge is 2.15. The zero-order valence-corrected chi connectivity index (χ0v) is 18.3. The topological polar surface area (TPSA) is 70.6 Å². The van der Waals surface area contributed by atoms with Crippen molar-refractivity contribution in [3.8, 4) is 22.9 Å². The zero-order valence-electron chi connectivity index (χ0n) is 16.7. The molecule has 0 radical (unpaired) electrons. The molecule has 0 aliphatic carbocycles. The molecule has 0 amide bonds. The largest absolute Gasteiger partial charge is 0.493 e. The third-order valence-electron chi connectivity index (χ3n) is 4.74. The molecule has 0 atom stereocenters. The number of benzene rings is 2. The summed E-state index contributed by atoms with van der Waals surface area (Å²) in [7, 11) is 5.05. The Morgan fingerprint density at radius 1 is 1.07 bits per heavy atom. The van der Waals surface area contributed by atoms with Crippen LogP contribution in [0.5, 0.6) is 11.5 Å². The molecular weight excluding hydrogens is 448 g/mol. The predicted molar refractivity (Wildman–Crippen MR) is 121 cm³/mol. The van der Waals surface area contributed by atoms with Gasteiger partial charge in [0.1, 0.15) is 0 Å². The third-order valence-corrected chi connectivity index (χ3v) is 5.23. The fourth-order valence-corrected chi connectivity index (χ4v) is 3.50. The Morgan fingerprint density at radius 2 is 1.87 bits per heavy atom. The number of fused-ring (bicyclic) bond motifs is 1. The normalized spacial score (nSPS) is 11.3. The Kier molecular flexibility index (Phi) is 5.41. The van der Waals surface area contributed by atoms with Crippen LogP contribution in [-0.4, -0.2) is 34.7 Å². The summed E-state index contributed by atoms with van der Waals surface area (Å²) in [6.45, 7) is 0. The predicted octanol–water partition coefficient (Wildman–Crippen LogP) is 4.06. The van der Waals surface area contributed by atoms with Crippen molar-refractivity contribution < 1.29 is 9.47 Å². The van der Waals surface area contributed by atoms with Gasteiger partial charge in [0.25, 0.3) is 5.56 Å². The summed E-state index contributed by atoms with van der Waals surface area (Å²) in [6.07, 6.45) is 3.55. The quantitative estimate of drug-likeness (QED) is 0.415. The molecule has 0 aliphatic rings. The third kappa shape index (κ3) is 3.61. The number of hydrogen-bond donors (Lipinski definition) is 0. The van der Waals surface area contributed by atoms with Gasteiger partial charge in [-0.1, -0.05) is 15.9 Å². The van der Waals surface area contributed by atoms with Gasteiger partial charge in [0.2, 0.25) is 0 Å². The molecule has 0 saturated heterocycles. The maximum absolute atomic E-state index is 13.3. The van der Waals surface area contributed by atoms with Gasteiger partial charge in [0.05, 0.1) is 37.0 Å². The minimum absolute atomic E-state index is 0.267. The van der Waals surface area contributed by atoms with E-state index in [-0.39, 0.29) is 5.56 Å². The monoisotopic (exact) mass is 466 g/mol. The Morgan fingerprint density at radius 3 is 2.57 bits per heavy atom. The first-order chi connectivity index (χ1) is 14.5. The molecule has 0 saturated carbocycles. The second-order valence-corrected chi connectivity index (χ2v) is 7.49. The highest BCUT2D eigenvalue weighted by Crippen LogP contribution is 2.32. The standard InChI is InChI=1S/C22H19BrN4O3/c1-26-10-4-5-16(26)13-24-27-21(14-6-9-19(29-2)20(11-14)30-3)25-18-8-7-15(23)12-17(18)22(27)28/h4-13H,1-3H3. The van der Waals surface area contributed by atoms with Gasteiger partial charge in [-0.25, -0.2) is 4.98 Å². The maximum Gasteiger partial charge on any atom is 0.282 e. The molecule has 152 valence electrons. The van der Waals surface area contributed by atoms with Crippen molar-refractivity contribution in [3.63, 3.8) is 0 Å². The van der Waals surface area contributed by atoms with Crippen molar-refractivity contribution in [2.45, 2.75) is 0 Å². The highest BCUT2D eigenvalue weighted by molar-refractivity contribution is 9.10. The van der Waals surface area contributed by atoms with Crippen LogP contribution in [-0.2, 0) is 7.05 Å². The molecule has 8 heteroatoms. The lowest BCUT2D eigenvalue weighted by molar-refractivity contribution is 0.355. The van der Waals surface area contributed by atoms with Crippen LogP contribution >= 0.6 is 15.9 Å². The smallest absolute Gasteiger partial charge is 0.282 e. The van der Waals surface area contributed by atoms with E-state index in [9.17, 15) is 4.79 Å². The van der Waals surface area contributed by atoms with Gasteiger partial charge in [-0.15, -0.1) is 0 Å². The molecular formula is C22H19BrN4O3. The van der Waals surface area contributed by atoms with E-state index in [1.54, 1.807) is 44.7 Å². The van der Waals surface area contributed by atoms with Gasteiger partial charge in [0, 0.05) is 23.3 Å². The van der Waals surface area contributed by atoms with Gasteiger partial charge >= 0.3 is 0 Å². The van der Waals surface area contributed by atoms with Gasteiger partial charge < -0.3 is 14.0 Å². The van der Waals surface area contributed by atoms with Gasteiger partial charge in [0.15, 0.2) is 17.3 Å². The molecule has 2 aromatic heterocycles. The zero-order chi connectivity index (χ0) is 21.3. The SMILES string of the molecule is COc1ccc(-c2nc3ccc(Br)cc3c(=O)n2N=Cc2cccn2C)cc1OC. The van der Waals surface area contributed by atoms with Crippen LogP contribution in [0.15, 0.2) is 69.1 Å². The summed E-state index contributed by atoms with van der Waals surface area (Å²) in [5.74, 6) is 1.53. The van der Waals surface area contributed by atoms with Crippen LogP contribution in [0.3, 0.4) is 0 Å². The summed E-state index contributed by atoms with van der Waals surface area (Å²) >= 11 is 3.42. The highest BCUT2D eigenvalue weighted by atomic mass is 79.9. The minimum atomic E-state index is -0.267. The second-order valence-electron chi connectivity index (χ2n) is 6.57. The van der Waals surface area contributed by atoms with Crippen LogP contribution < -0.4 is 15.0 Å². The summed E-state index contributed by atoms with van der Waals surface area (Å²) in [5.41, 5.74) is 1.85. The summed E-state index contributed by atoms with van der Waals surface area (Å²) in [5, 5.41) is 4.94. The fourth-order valence-electron chi connectivity index (χ4n) is 3.14. The average molecular weight is 467 g/mol. The van der Waals surface area contributed by atoms with Crippen molar-refractivity contribution in [2.75, 3.05) is 14.2 Å². The minimum Gasteiger partial charge on any atom is -0.493 e. The van der Waals surface area contributed by atoms with Crippen molar-refractivity contribution in [1.82, 2.24) is 14.2 Å². The maximum atomic E-state index is 13.3. The summed E-state index contributed by atoms with van der Waals surface area (Å²) < 4.78 is 14.8. The molecule has 0 bridgehead atoms. The lowest BCUT2D eigenvalue weighted by Crippen LogP contribution is -2.20. The van der Waals surface area contributed by atoms with E-state index in [2.05, 4.69) is 21.0 Å². The van der Waals surface area contributed by atoms with E-state index >= 15 is 0 Å². The number of rotatable bonds is 5. The first-order valence-corrected chi connectivity index (χ1v) is 9.91. The first-order valence-electron chi connectivity index (χ1n) is 9.12. The molecule has 0 spiro atoms. The van der Waals surface area contributed by atoms with Gasteiger partial charge in [-0.05, 0) is 48.5 Å². The summed E-state index contributed by atoms with van der Waals surface area (Å²) in [6, 6.07) is 14.6. The molecule has 0 aliphatic heterocycles. The van der Waals surface area contributed by atoms with Crippen LogP contribution in [0.25, 0.3) is 22.3 Å². The van der Waals surface area contributed by atoms with Crippen molar-refractivity contribution in [3.05, 3.63) is 75.2 Å². The van der Waals surface area contributed by atoms with Crippen LogP contribution in [0.4, 0.5) is 0 Å². The molecule has 0 N–H and O–H groups in total. The lowest BCUT2D eigenvalue weighted by atomic mass is 10.1. The van der Waals surface area contributed by atoms with Crippen molar-refractivity contribution in [2.24, 2.45) is 12.1 Å².